The topological polar surface area (TPSA) is 72.0 Å². The quantitative estimate of drug-likeness (QED) is 0.744. The first-order valence-electron chi connectivity index (χ1n) is 8.38. The number of halogens is 2. The molecule has 5 nitrogen and oxygen atoms in total. The van der Waals surface area contributed by atoms with Crippen LogP contribution in [0.1, 0.15) is 26.4 Å². The molecule has 0 aliphatic heterocycles. The van der Waals surface area contributed by atoms with Crippen molar-refractivity contribution in [2.45, 2.75) is 6.92 Å². The second-order valence-electron chi connectivity index (χ2n) is 6.34. The van der Waals surface area contributed by atoms with E-state index in [-0.39, 0.29) is 28.2 Å². The first kappa shape index (κ1) is 17.7. The maximum absolute atomic E-state index is 14.6. The predicted molar refractivity (Wildman–Crippen MR) is 98.9 cm³/mol. The van der Waals surface area contributed by atoms with Crippen LogP contribution in [0.3, 0.4) is 0 Å². The minimum Gasteiger partial charge on any atom is -0.352 e. The van der Waals surface area contributed by atoms with Crippen LogP contribution in [0.15, 0.2) is 60.7 Å². The van der Waals surface area contributed by atoms with Crippen LogP contribution in [0, 0.1) is 18.6 Å². The first-order chi connectivity index (χ1) is 13.4. The molecule has 1 heterocycles. The van der Waals surface area contributed by atoms with Gasteiger partial charge in [-0.2, -0.15) is 0 Å². The van der Waals surface area contributed by atoms with Gasteiger partial charge < -0.3 is 5.32 Å². The van der Waals surface area contributed by atoms with Crippen molar-refractivity contribution in [2.75, 3.05) is 5.32 Å². The van der Waals surface area contributed by atoms with E-state index in [9.17, 15) is 18.4 Å². The Bertz CT molecular complexity index is 1130. The lowest BCUT2D eigenvalue weighted by Gasteiger charge is -2.16. The number of aromatic nitrogens is 2. The molecule has 1 aromatic heterocycles. The lowest BCUT2D eigenvalue weighted by molar-refractivity contribution is 0.0981. The molecule has 0 saturated heterocycles. The van der Waals surface area contributed by atoms with Crippen molar-refractivity contribution in [3.63, 3.8) is 0 Å². The van der Waals surface area contributed by atoms with E-state index in [0.29, 0.717) is 5.56 Å². The highest BCUT2D eigenvalue weighted by Gasteiger charge is 2.27. The number of nitrogens with zero attached hydrogens (tertiary/aromatic N) is 2. The Morgan fingerprint density at radius 2 is 1.68 bits per heavy atom. The van der Waals surface area contributed by atoms with Crippen LogP contribution in [0.5, 0.6) is 0 Å². The lowest BCUT2D eigenvalue weighted by Crippen LogP contribution is -2.23. The van der Waals surface area contributed by atoms with Gasteiger partial charge in [0, 0.05) is 18.0 Å². The molecule has 0 saturated carbocycles. The highest BCUT2D eigenvalue weighted by atomic mass is 19.1. The number of carbonyl (C=O) groups is 2. The zero-order valence-electron chi connectivity index (χ0n) is 14.7. The summed E-state index contributed by atoms with van der Waals surface area (Å²) >= 11 is 0. The van der Waals surface area contributed by atoms with E-state index < -0.39 is 23.2 Å². The zero-order chi connectivity index (χ0) is 19.8. The first-order valence-corrected chi connectivity index (χ1v) is 8.38. The molecule has 7 heteroatoms. The highest BCUT2D eigenvalue weighted by molar-refractivity contribution is 6.24. The van der Waals surface area contributed by atoms with Crippen molar-refractivity contribution in [3.8, 4) is 11.1 Å². The fourth-order valence-electron chi connectivity index (χ4n) is 2.99. The van der Waals surface area contributed by atoms with Gasteiger partial charge in [0.2, 0.25) is 11.6 Å². The van der Waals surface area contributed by atoms with E-state index in [1.54, 1.807) is 24.3 Å². The summed E-state index contributed by atoms with van der Waals surface area (Å²) in [5, 5.41) is 2.63. The standard InChI is InChI=1S/C21H13F2N3O2/c1-11-2-4-12(5-3-11)19-15(22)6-13(7-16(19)23)26-17-8-18(27)20-14(21(17)28)9-24-10-25-20/h2-10,26H,1H3. The average Bonchev–Trinajstić information content (AvgIpc) is 2.67. The summed E-state index contributed by atoms with van der Waals surface area (Å²) < 4.78 is 29.2. The molecule has 1 aliphatic carbocycles. The molecule has 1 N–H and O–H groups in total. The zero-order valence-corrected chi connectivity index (χ0v) is 14.7. The van der Waals surface area contributed by atoms with Gasteiger partial charge in [-0.1, -0.05) is 29.8 Å². The fourth-order valence-corrected chi connectivity index (χ4v) is 2.99. The van der Waals surface area contributed by atoms with E-state index >= 15 is 0 Å². The van der Waals surface area contributed by atoms with Gasteiger partial charge >= 0.3 is 0 Å². The third-order valence-corrected chi connectivity index (χ3v) is 4.37. The average molecular weight is 377 g/mol. The minimum absolute atomic E-state index is 0.00219. The second kappa shape index (κ2) is 6.77. The van der Waals surface area contributed by atoms with Gasteiger partial charge in [0.05, 0.1) is 16.8 Å². The molecule has 0 unspecified atom stereocenters. The summed E-state index contributed by atoms with van der Waals surface area (Å²) in [4.78, 5) is 32.2. The number of allylic oxidation sites excluding steroid dienone is 2. The third-order valence-electron chi connectivity index (χ3n) is 4.37. The van der Waals surface area contributed by atoms with E-state index in [0.717, 1.165) is 23.8 Å². The number of benzene rings is 2. The monoisotopic (exact) mass is 377 g/mol. The summed E-state index contributed by atoms with van der Waals surface area (Å²) in [5.74, 6) is -2.59. The van der Waals surface area contributed by atoms with Crippen LogP contribution in [0.2, 0.25) is 0 Å². The predicted octanol–water partition coefficient (Wildman–Crippen LogP) is 4.11. The van der Waals surface area contributed by atoms with Gasteiger partial charge in [-0.3, -0.25) is 9.59 Å². The Morgan fingerprint density at radius 3 is 2.36 bits per heavy atom. The van der Waals surface area contributed by atoms with Gasteiger partial charge in [0.15, 0.2) is 0 Å². The van der Waals surface area contributed by atoms with Crippen LogP contribution in [-0.4, -0.2) is 21.5 Å². The molecule has 138 valence electrons. The second-order valence-corrected chi connectivity index (χ2v) is 6.34. The van der Waals surface area contributed by atoms with Gasteiger partial charge in [-0.05, 0) is 24.6 Å². The van der Waals surface area contributed by atoms with Crippen molar-refractivity contribution in [1.82, 2.24) is 9.97 Å². The molecule has 3 aromatic rings. The number of carbonyl (C=O) groups excluding carboxylic acids is 2. The summed E-state index contributed by atoms with van der Waals surface area (Å²) in [7, 11) is 0. The molecule has 2 aromatic carbocycles. The molecule has 28 heavy (non-hydrogen) atoms. The molecule has 0 atom stereocenters. The molecular formula is C21H13F2N3O2. The van der Waals surface area contributed by atoms with Crippen molar-refractivity contribution in [1.29, 1.82) is 0 Å². The van der Waals surface area contributed by atoms with Gasteiger partial charge in [0.25, 0.3) is 0 Å². The molecule has 4 rings (SSSR count). The number of hydrogen-bond donors (Lipinski definition) is 1. The SMILES string of the molecule is Cc1ccc(-c2c(F)cc(NC3=CC(=O)c4ncncc4C3=O)cc2F)cc1. The summed E-state index contributed by atoms with van der Waals surface area (Å²) in [6.07, 6.45) is 3.46. The van der Waals surface area contributed by atoms with Gasteiger partial charge in [0.1, 0.15) is 23.7 Å². The normalized spacial score (nSPS) is 13.2. The Hall–Kier alpha value is -3.74. The largest absolute Gasteiger partial charge is 0.352 e. The molecule has 0 fully saturated rings. The van der Waals surface area contributed by atoms with Crippen LogP contribution >= 0.6 is 0 Å². The van der Waals surface area contributed by atoms with Crippen LogP contribution in [-0.2, 0) is 0 Å². The van der Waals surface area contributed by atoms with Crippen LogP contribution < -0.4 is 5.32 Å². The summed E-state index contributed by atoms with van der Waals surface area (Å²) in [5.41, 5.74) is 1.16. The Kier molecular flexibility index (Phi) is 4.27. The molecular weight excluding hydrogens is 364 g/mol. The lowest BCUT2D eigenvalue weighted by atomic mass is 9.98. The molecule has 1 aliphatic rings. The number of rotatable bonds is 3. The van der Waals surface area contributed by atoms with Crippen molar-refractivity contribution >= 4 is 17.3 Å². The fraction of sp³-hybridized carbons (Fsp3) is 0.0476. The Morgan fingerprint density at radius 1 is 1.00 bits per heavy atom. The van der Waals surface area contributed by atoms with Gasteiger partial charge in [-0.15, -0.1) is 0 Å². The van der Waals surface area contributed by atoms with Gasteiger partial charge in [-0.25, -0.2) is 18.7 Å². The molecule has 0 amide bonds. The van der Waals surface area contributed by atoms with E-state index in [2.05, 4.69) is 15.3 Å². The minimum atomic E-state index is -0.787. The van der Waals surface area contributed by atoms with E-state index in [1.165, 1.54) is 12.5 Å². The summed E-state index contributed by atoms with van der Waals surface area (Å²) in [6.45, 7) is 1.88. The number of nitrogens with one attached hydrogen (secondary N) is 1. The molecule has 0 radical (unpaired) electrons. The maximum atomic E-state index is 14.6. The van der Waals surface area contributed by atoms with Crippen molar-refractivity contribution in [2.24, 2.45) is 0 Å². The smallest absolute Gasteiger partial charge is 0.213 e. The Balaban J connectivity index is 1.67. The summed E-state index contributed by atoms with van der Waals surface area (Å²) in [6, 6.07) is 8.94. The van der Waals surface area contributed by atoms with Crippen molar-refractivity contribution < 1.29 is 18.4 Å². The van der Waals surface area contributed by atoms with Crippen LogP contribution in [0.25, 0.3) is 11.1 Å². The number of hydrogen-bond acceptors (Lipinski definition) is 5. The van der Waals surface area contributed by atoms with Crippen LogP contribution in [0.4, 0.5) is 14.5 Å². The maximum Gasteiger partial charge on any atom is 0.213 e. The number of Topliss-reactive ketones (excluding diaryl/α,β-unsaturated/α-hetero) is 1. The third kappa shape index (κ3) is 3.07. The highest BCUT2D eigenvalue weighted by Crippen LogP contribution is 2.30. The molecule has 0 bridgehead atoms. The number of ketones is 2. The number of anilines is 1. The van der Waals surface area contributed by atoms with Crippen molar-refractivity contribution in [3.05, 3.63) is 89.2 Å². The number of fused-ring (bicyclic) bond motifs is 1. The Labute approximate surface area is 158 Å². The van der Waals surface area contributed by atoms with E-state index in [1.807, 2.05) is 6.92 Å². The number of aryl methyl sites for hydroxylation is 1. The van der Waals surface area contributed by atoms with E-state index in [4.69, 9.17) is 0 Å². The molecule has 0 spiro atoms.